The first kappa shape index (κ1) is 15.4. The third kappa shape index (κ3) is 4.56. The second-order valence-electron chi connectivity index (χ2n) is 4.74. The molecule has 0 fully saturated rings. The summed E-state index contributed by atoms with van der Waals surface area (Å²) in [5.41, 5.74) is 1.92. The van der Waals surface area contributed by atoms with Crippen LogP contribution in [0.1, 0.15) is 18.1 Å². The summed E-state index contributed by atoms with van der Waals surface area (Å²) in [6.45, 7) is 1.54. The van der Waals surface area contributed by atoms with Gasteiger partial charge in [0, 0.05) is 12.1 Å². The summed E-state index contributed by atoms with van der Waals surface area (Å²) in [6.07, 6.45) is 3.77. The van der Waals surface area contributed by atoms with Crippen LogP contribution < -0.4 is 4.74 Å². The minimum Gasteiger partial charge on any atom is -0.486 e. The highest BCUT2D eigenvalue weighted by Gasteiger charge is 2.02. The van der Waals surface area contributed by atoms with Crippen LogP contribution in [0.3, 0.4) is 0 Å². The predicted molar refractivity (Wildman–Crippen MR) is 84.6 cm³/mol. The first-order valence-electron chi connectivity index (χ1n) is 6.69. The maximum atomic E-state index is 10.8. The molecule has 112 valence electrons. The van der Waals surface area contributed by atoms with Crippen molar-refractivity contribution in [1.82, 2.24) is 0 Å². The van der Waals surface area contributed by atoms with Gasteiger partial charge in [-0.15, -0.1) is 0 Å². The van der Waals surface area contributed by atoms with E-state index in [9.17, 15) is 14.9 Å². The summed E-state index contributed by atoms with van der Waals surface area (Å²) in [4.78, 5) is 21.0. The number of ketones is 1. The van der Waals surface area contributed by atoms with Gasteiger partial charge in [-0.3, -0.25) is 14.9 Å². The molecule has 0 heterocycles. The Morgan fingerprint density at radius 1 is 1.05 bits per heavy atom. The molecule has 0 radical (unpaired) electrons. The fraction of sp³-hybridized carbons (Fsp3) is 0.118. The molecule has 0 saturated heterocycles. The number of carbonyl (C=O) groups is 1. The van der Waals surface area contributed by atoms with Crippen LogP contribution in [0.15, 0.2) is 48.5 Å². The summed E-state index contributed by atoms with van der Waals surface area (Å²) in [7, 11) is 0. The van der Waals surface area contributed by atoms with Gasteiger partial charge in [-0.25, -0.2) is 0 Å². The molecule has 0 spiro atoms. The Kier molecular flexibility index (Phi) is 5.03. The van der Waals surface area contributed by atoms with Crippen molar-refractivity contribution in [2.75, 3.05) is 6.61 Å². The van der Waals surface area contributed by atoms with Crippen molar-refractivity contribution >= 4 is 23.6 Å². The molecule has 2 rings (SSSR count). The summed E-state index contributed by atoms with van der Waals surface area (Å²) >= 11 is 0. The molecular weight excluding hydrogens is 282 g/mol. The molecule has 0 unspecified atom stereocenters. The predicted octanol–water partition coefficient (Wildman–Crippen LogP) is 3.73. The van der Waals surface area contributed by atoms with Crippen LogP contribution in [0.25, 0.3) is 12.2 Å². The number of nitrogens with zero attached hydrogens (tertiary/aromatic N) is 1. The number of non-ortho nitro benzene ring substituents is 1. The highest BCUT2D eigenvalue weighted by Crippen LogP contribution is 2.16. The van der Waals surface area contributed by atoms with Crippen molar-refractivity contribution in [2.45, 2.75) is 6.92 Å². The van der Waals surface area contributed by atoms with Crippen molar-refractivity contribution in [3.05, 3.63) is 69.8 Å². The Balaban J connectivity index is 2.00. The normalized spacial score (nSPS) is 10.6. The summed E-state index contributed by atoms with van der Waals surface area (Å²) in [5.74, 6) is 0.616. The Bertz CT molecular complexity index is 688. The van der Waals surface area contributed by atoms with E-state index in [2.05, 4.69) is 0 Å². The van der Waals surface area contributed by atoms with Gasteiger partial charge in [-0.2, -0.15) is 0 Å². The van der Waals surface area contributed by atoms with Gasteiger partial charge in [-0.05, 0) is 42.3 Å². The van der Waals surface area contributed by atoms with E-state index >= 15 is 0 Å². The molecule has 0 bridgehead atoms. The highest BCUT2D eigenvalue weighted by molar-refractivity contribution is 5.77. The van der Waals surface area contributed by atoms with Crippen LogP contribution in [0.4, 0.5) is 5.69 Å². The molecule has 0 aliphatic carbocycles. The third-order valence-corrected chi connectivity index (χ3v) is 2.89. The van der Waals surface area contributed by atoms with E-state index in [1.54, 1.807) is 24.3 Å². The zero-order chi connectivity index (χ0) is 15.9. The van der Waals surface area contributed by atoms with Crippen LogP contribution in [0, 0.1) is 10.1 Å². The monoisotopic (exact) mass is 297 g/mol. The smallest absolute Gasteiger partial charge is 0.269 e. The van der Waals surface area contributed by atoms with E-state index in [4.69, 9.17) is 4.74 Å². The van der Waals surface area contributed by atoms with Crippen molar-refractivity contribution < 1.29 is 14.5 Å². The molecule has 0 atom stereocenters. The largest absolute Gasteiger partial charge is 0.486 e. The minimum atomic E-state index is -0.423. The van der Waals surface area contributed by atoms with Crippen molar-refractivity contribution in [2.24, 2.45) is 0 Å². The van der Waals surface area contributed by atoms with E-state index in [0.29, 0.717) is 5.75 Å². The molecule has 2 aromatic carbocycles. The quantitative estimate of drug-likeness (QED) is 0.463. The van der Waals surface area contributed by atoms with Gasteiger partial charge >= 0.3 is 0 Å². The molecule has 0 saturated carbocycles. The van der Waals surface area contributed by atoms with E-state index in [0.717, 1.165) is 11.1 Å². The zero-order valence-corrected chi connectivity index (χ0v) is 12.1. The van der Waals surface area contributed by atoms with E-state index in [1.807, 2.05) is 24.3 Å². The zero-order valence-electron chi connectivity index (χ0n) is 12.1. The van der Waals surface area contributed by atoms with Gasteiger partial charge in [0.05, 0.1) is 4.92 Å². The topological polar surface area (TPSA) is 69.4 Å². The molecule has 0 aromatic heterocycles. The number of Topliss-reactive ketones (excluding diaryl/α,β-unsaturated/α-hetero) is 1. The molecule has 0 aliphatic rings. The Morgan fingerprint density at radius 3 is 2.00 bits per heavy atom. The number of hydrogen-bond acceptors (Lipinski definition) is 4. The molecule has 5 heteroatoms. The van der Waals surface area contributed by atoms with Crippen molar-refractivity contribution in [1.29, 1.82) is 0 Å². The number of nitro groups is 1. The van der Waals surface area contributed by atoms with Gasteiger partial charge in [0.2, 0.25) is 0 Å². The molecule has 5 nitrogen and oxygen atoms in total. The molecule has 22 heavy (non-hydrogen) atoms. The van der Waals surface area contributed by atoms with Crippen LogP contribution >= 0.6 is 0 Å². The van der Waals surface area contributed by atoms with Gasteiger partial charge in [0.25, 0.3) is 5.69 Å². The van der Waals surface area contributed by atoms with E-state index in [-0.39, 0.29) is 18.1 Å². The second-order valence-corrected chi connectivity index (χ2v) is 4.74. The third-order valence-electron chi connectivity index (χ3n) is 2.89. The molecule has 2 aromatic rings. The standard InChI is InChI=1S/C17H15NO4/c1-13(19)12-22-17-10-6-15(7-11-17)3-2-14-4-8-16(9-5-14)18(20)21/h2-11H,12H2,1H3/b3-2+. The first-order valence-corrected chi connectivity index (χ1v) is 6.69. The number of nitro benzene ring substituents is 1. The lowest BCUT2D eigenvalue weighted by molar-refractivity contribution is -0.384. The fourth-order valence-corrected chi connectivity index (χ4v) is 1.76. The van der Waals surface area contributed by atoms with Crippen LogP contribution in [-0.4, -0.2) is 17.3 Å². The fourth-order valence-electron chi connectivity index (χ4n) is 1.76. The van der Waals surface area contributed by atoms with Gasteiger partial charge < -0.3 is 4.74 Å². The summed E-state index contributed by atoms with van der Waals surface area (Å²) in [5, 5.41) is 10.6. The lowest BCUT2D eigenvalue weighted by atomic mass is 10.1. The van der Waals surface area contributed by atoms with Gasteiger partial charge in [-0.1, -0.05) is 24.3 Å². The lowest BCUT2D eigenvalue weighted by Gasteiger charge is -2.03. The molecule has 0 amide bonds. The van der Waals surface area contributed by atoms with Gasteiger partial charge in [0.15, 0.2) is 5.78 Å². The number of benzene rings is 2. The maximum absolute atomic E-state index is 10.8. The molecule has 0 aliphatic heterocycles. The van der Waals surface area contributed by atoms with E-state index in [1.165, 1.54) is 19.1 Å². The van der Waals surface area contributed by atoms with Crippen LogP contribution in [0.2, 0.25) is 0 Å². The van der Waals surface area contributed by atoms with Gasteiger partial charge in [0.1, 0.15) is 12.4 Å². The number of hydrogen-bond donors (Lipinski definition) is 0. The lowest BCUT2D eigenvalue weighted by Crippen LogP contribution is -2.06. The van der Waals surface area contributed by atoms with Crippen molar-refractivity contribution in [3.63, 3.8) is 0 Å². The number of ether oxygens (including phenoxy) is 1. The van der Waals surface area contributed by atoms with Crippen molar-refractivity contribution in [3.8, 4) is 5.75 Å². The summed E-state index contributed by atoms with van der Waals surface area (Å²) in [6, 6.07) is 13.7. The minimum absolute atomic E-state index is 0.0258. The number of rotatable bonds is 6. The highest BCUT2D eigenvalue weighted by atomic mass is 16.6. The first-order chi connectivity index (χ1) is 10.5. The van der Waals surface area contributed by atoms with Crippen LogP contribution in [0.5, 0.6) is 5.75 Å². The van der Waals surface area contributed by atoms with E-state index < -0.39 is 4.92 Å². The SMILES string of the molecule is CC(=O)COc1ccc(/C=C/c2ccc([N+](=O)[O-])cc2)cc1. The maximum Gasteiger partial charge on any atom is 0.269 e. The summed E-state index contributed by atoms with van der Waals surface area (Å²) < 4.78 is 5.28. The molecule has 0 N–H and O–H groups in total. The average molecular weight is 297 g/mol. The Morgan fingerprint density at radius 2 is 1.55 bits per heavy atom. The average Bonchev–Trinajstić information content (AvgIpc) is 2.52. The number of carbonyl (C=O) groups excluding carboxylic acids is 1. The second kappa shape index (κ2) is 7.17. The Hall–Kier alpha value is -2.95. The molecular formula is C17H15NO4. The Labute approximate surface area is 128 Å². The van der Waals surface area contributed by atoms with Crippen LogP contribution in [-0.2, 0) is 4.79 Å².